The lowest BCUT2D eigenvalue weighted by molar-refractivity contribution is -0.122. The summed E-state index contributed by atoms with van der Waals surface area (Å²) in [5.74, 6) is 1.70. The topological polar surface area (TPSA) is 109 Å². The van der Waals surface area contributed by atoms with Gasteiger partial charge in [-0.05, 0) is 69.4 Å². The largest absolute Gasteiger partial charge is 0.381 e. The van der Waals surface area contributed by atoms with Crippen molar-refractivity contribution in [2.24, 2.45) is 5.92 Å². The number of likely N-dealkylation sites (tertiary alicyclic amines) is 1. The number of nitrogens with one attached hydrogen (secondary N) is 3. The highest BCUT2D eigenvalue weighted by Gasteiger charge is 2.22. The fourth-order valence-corrected chi connectivity index (χ4v) is 4.91. The number of hydrogen-bond acceptors (Lipinski definition) is 8. The number of amides is 1. The van der Waals surface area contributed by atoms with Gasteiger partial charge in [0.25, 0.3) is 0 Å². The SMILES string of the molecule is CC(C)c1cnn2c(NCc3ccc(NC(=O)C4CCOCC4)cc3)nc(NC3CCN(C)CC3)nc12. The zero-order chi connectivity index (χ0) is 25.8. The standard InChI is InChI=1S/C27H38N8O2/c1-18(2)23-17-29-35-24(23)32-26(31-22-8-12-34(3)13-9-22)33-27(35)28-16-19-4-6-21(7-5-19)30-25(36)20-10-14-37-15-11-20/h4-7,17-18,20,22H,8-16H2,1-3H3,(H,30,36)(H2,28,31,32,33). The first-order chi connectivity index (χ1) is 18.0. The van der Waals surface area contributed by atoms with E-state index in [1.807, 2.05) is 30.5 Å². The van der Waals surface area contributed by atoms with Crippen molar-refractivity contribution in [1.29, 1.82) is 0 Å². The van der Waals surface area contributed by atoms with Crippen LogP contribution >= 0.6 is 0 Å². The van der Waals surface area contributed by atoms with E-state index in [0.717, 1.165) is 61.2 Å². The van der Waals surface area contributed by atoms with E-state index in [2.05, 4.69) is 46.8 Å². The molecule has 1 aromatic carbocycles. The summed E-state index contributed by atoms with van der Waals surface area (Å²) in [6.07, 6.45) is 5.59. The van der Waals surface area contributed by atoms with Gasteiger partial charge in [0.05, 0.1) is 6.20 Å². The highest BCUT2D eigenvalue weighted by atomic mass is 16.5. The van der Waals surface area contributed by atoms with Crippen LogP contribution in [0, 0.1) is 5.92 Å². The van der Waals surface area contributed by atoms with Gasteiger partial charge in [-0.2, -0.15) is 19.6 Å². The smallest absolute Gasteiger partial charge is 0.229 e. The van der Waals surface area contributed by atoms with E-state index < -0.39 is 0 Å². The number of carbonyl (C=O) groups is 1. The third kappa shape index (κ3) is 6.19. The molecule has 2 aromatic heterocycles. The molecule has 0 radical (unpaired) electrons. The Labute approximate surface area is 218 Å². The lowest BCUT2D eigenvalue weighted by Crippen LogP contribution is -2.37. The van der Waals surface area contributed by atoms with Crippen LogP contribution in [0.4, 0.5) is 17.6 Å². The van der Waals surface area contributed by atoms with Crippen LogP contribution in [-0.2, 0) is 16.1 Å². The van der Waals surface area contributed by atoms with Gasteiger partial charge in [-0.25, -0.2) is 0 Å². The number of ether oxygens (including phenoxy) is 1. The molecule has 5 rings (SSSR count). The fourth-order valence-electron chi connectivity index (χ4n) is 4.91. The van der Waals surface area contributed by atoms with Crippen LogP contribution in [0.25, 0.3) is 5.65 Å². The molecule has 0 spiro atoms. The first-order valence-electron chi connectivity index (χ1n) is 13.4. The van der Waals surface area contributed by atoms with Crippen LogP contribution in [0.1, 0.15) is 56.6 Å². The predicted molar refractivity (Wildman–Crippen MR) is 145 cm³/mol. The van der Waals surface area contributed by atoms with Crippen LogP contribution in [0.5, 0.6) is 0 Å². The molecule has 4 heterocycles. The monoisotopic (exact) mass is 506 g/mol. The predicted octanol–water partition coefficient (Wildman–Crippen LogP) is 3.73. The van der Waals surface area contributed by atoms with Gasteiger partial charge < -0.3 is 25.6 Å². The summed E-state index contributed by atoms with van der Waals surface area (Å²) in [6.45, 7) is 8.33. The molecule has 1 amide bonds. The van der Waals surface area contributed by atoms with Gasteiger partial charge in [0.15, 0.2) is 5.65 Å². The number of nitrogens with zero attached hydrogens (tertiary/aromatic N) is 5. The summed E-state index contributed by atoms with van der Waals surface area (Å²) in [5.41, 5.74) is 3.82. The first-order valence-corrected chi connectivity index (χ1v) is 13.4. The summed E-state index contributed by atoms with van der Waals surface area (Å²) in [4.78, 5) is 24.5. The Balaban J connectivity index is 1.28. The highest BCUT2D eigenvalue weighted by molar-refractivity contribution is 5.92. The van der Waals surface area contributed by atoms with E-state index in [9.17, 15) is 4.79 Å². The van der Waals surface area contributed by atoms with Crippen molar-refractivity contribution in [2.45, 2.75) is 58.0 Å². The maximum atomic E-state index is 12.5. The molecule has 10 heteroatoms. The molecule has 2 aliphatic heterocycles. The van der Waals surface area contributed by atoms with Crippen molar-refractivity contribution in [2.75, 3.05) is 49.3 Å². The van der Waals surface area contributed by atoms with Crippen molar-refractivity contribution in [3.05, 3.63) is 41.6 Å². The Bertz CT molecular complexity index is 1200. The van der Waals surface area contributed by atoms with Gasteiger partial charge in [0.2, 0.25) is 17.8 Å². The lowest BCUT2D eigenvalue weighted by atomic mass is 9.99. The summed E-state index contributed by atoms with van der Waals surface area (Å²) in [7, 11) is 2.16. The number of hydrogen-bond donors (Lipinski definition) is 3. The minimum absolute atomic E-state index is 0.0254. The van der Waals surface area contributed by atoms with Crippen LogP contribution in [0.3, 0.4) is 0 Å². The first kappa shape index (κ1) is 25.4. The normalized spacial score (nSPS) is 17.8. The van der Waals surface area contributed by atoms with Crippen molar-refractivity contribution in [3.63, 3.8) is 0 Å². The molecule has 3 aromatic rings. The van der Waals surface area contributed by atoms with E-state index in [4.69, 9.17) is 14.7 Å². The zero-order valence-electron chi connectivity index (χ0n) is 22.0. The van der Waals surface area contributed by atoms with Gasteiger partial charge in [0, 0.05) is 43.0 Å². The Morgan fingerprint density at radius 2 is 1.81 bits per heavy atom. The van der Waals surface area contributed by atoms with Crippen LogP contribution < -0.4 is 16.0 Å². The number of piperidine rings is 1. The van der Waals surface area contributed by atoms with Crippen molar-refractivity contribution in [3.8, 4) is 0 Å². The number of aromatic nitrogens is 4. The zero-order valence-corrected chi connectivity index (χ0v) is 22.0. The molecule has 3 N–H and O–H groups in total. The van der Waals surface area contributed by atoms with Crippen molar-refractivity contribution < 1.29 is 9.53 Å². The second-order valence-corrected chi connectivity index (χ2v) is 10.5. The van der Waals surface area contributed by atoms with E-state index in [0.29, 0.717) is 43.6 Å². The third-order valence-corrected chi connectivity index (χ3v) is 7.33. The molecule has 0 atom stereocenters. The van der Waals surface area contributed by atoms with Crippen LogP contribution in [0.15, 0.2) is 30.5 Å². The van der Waals surface area contributed by atoms with Gasteiger partial charge in [-0.1, -0.05) is 26.0 Å². The van der Waals surface area contributed by atoms with Crippen LogP contribution in [-0.4, -0.2) is 69.8 Å². The maximum Gasteiger partial charge on any atom is 0.229 e. The minimum Gasteiger partial charge on any atom is -0.381 e. The van der Waals surface area contributed by atoms with Gasteiger partial charge in [-0.3, -0.25) is 4.79 Å². The van der Waals surface area contributed by atoms with Gasteiger partial charge >= 0.3 is 0 Å². The number of anilines is 3. The number of carbonyl (C=O) groups excluding carboxylic acids is 1. The summed E-state index contributed by atoms with van der Waals surface area (Å²) >= 11 is 0. The molecular formula is C27H38N8O2. The molecule has 198 valence electrons. The Morgan fingerprint density at radius 1 is 1.08 bits per heavy atom. The van der Waals surface area contributed by atoms with Crippen molar-refractivity contribution in [1.82, 2.24) is 24.5 Å². The Kier molecular flexibility index (Phi) is 7.85. The molecular weight excluding hydrogens is 468 g/mol. The Morgan fingerprint density at radius 3 is 2.51 bits per heavy atom. The minimum atomic E-state index is 0.0254. The summed E-state index contributed by atoms with van der Waals surface area (Å²) in [5, 5.41) is 14.6. The second kappa shape index (κ2) is 11.4. The number of benzene rings is 1. The third-order valence-electron chi connectivity index (χ3n) is 7.33. The number of rotatable bonds is 8. The molecule has 2 aliphatic rings. The maximum absolute atomic E-state index is 12.5. The van der Waals surface area contributed by atoms with Crippen molar-refractivity contribution >= 4 is 29.1 Å². The number of fused-ring (bicyclic) bond motifs is 1. The molecule has 0 unspecified atom stereocenters. The lowest BCUT2D eigenvalue weighted by Gasteiger charge is -2.29. The molecule has 0 saturated carbocycles. The summed E-state index contributed by atoms with van der Waals surface area (Å²) in [6, 6.07) is 8.29. The van der Waals surface area contributed by atoms with E-state index >= 15 is 0 Å². The fraction of sp³-hybridized carbons (Fsp3) is 0.556. The molecule has 37 heavy (non-hydrogen) atoms. The van der Waals surface area contributed by atoms with E-state index in [-0.39, 0.29) is 11.8 Å². The molecule has 0 bridgehead atoms. The molecule has 2 fully saturated rings. The van der Waals surface area contributed by atoms with Crippen LogP contribution in [0.2, 0.25) is 0 Å². The quantitative estimate of drug-likeness (QED) is 0.424. The van der Waals surface area contributed by atoms with E-state index in [1.165, 1.54) is 0 Å². The average Bonchev–Trinajstić information content (AvgIpc) is 3.34. The Hall–Kier alpha value is -3.24. The van der Waals surface area contributed by atoms with Gasteiger partial charge in [0.1, 0.15) is 0 Å². The second-order valence-electron chi connectivity index (χ2n) is 10.5. The highest BCUT2D eigenvalue weighted by Crippen LogP contribution is 2.24. The van der Waals surface area contributed by atoms with Gasteiger partial charge in [-0.15, -0.1) is 0 Å². The molecule has 0 aliphatic carbocycles. The molecule has 10 nitrogen and oxygen atoms in total. The molecule has 2 saturated heterocycles. The average molecular weight is 507 g/mol. The van der Waals surface area contributed by atoms with E-state index in [1.54, 1.807) is 4.52 Å². The summed E-state index contributed by atoms with van der Waals surface area (Å²) < 4.78 is 7.15.